The summed E-state index contributed by atoms with van der Waals surface area (Å²) in [4.78, 5) is 17.0. The van der Waals surface area contributed by atoms with Gasteiger partial charge in [-0.1, -0.05) is 37.3 Å². The number of rotatable bonds is 6. The Bertz CT molecular complexity index is 890. The number of hydrogen-bond donors (Lipinski definition) is 0. The first-order valence-corrected chi connectivity index (χ1v) is 11.0. The number of nitrogens with zero attached hydrogens (tertiary/aromatic N) is 3. The topological polar surface area (TPSA) is 60.9 Å². The molecule has 0 atom stereocenters. The van der Waals surface area contributed by atoms with Gasteiger partial charge in [0.15, 0.2) is 0 Å². The number of aryl methyl sites for hydroxylation is 1. The van der Waals surface area contributed by atoms with E-state index < -0.39 is 10.0 Å². The molecule has 2 aromatic rings. The molecule has 0 spiro atoms. The molecule has 0 unspecified atom stereocenters. The van der Waals surface area contributed by atoms with Gasteiger partial charge in [0.1, 0.15) is 6.54 Å². The van der Waals surface area contributed by atoms with E-state index in [0.717, 1.165) is 25.1 Å². The number of anilines is 1. The maximum absolute atomic E-state index is 13.3. The number of carbonyl (C=O) groups excluding carboxylic acids is 1. The van der Waals surface area contributed by atoms with Crippen LogP contribution in [0, 0.1) is 0 Å². The molecular weight excluding hydrogens is 374 g/mol. The van der Waals surface area contributed by atoms with Crippen molar-refractivity contribution in [2.24, 2.45) is 0 Å². The first-order chi connectivity index (χ1) is 13.4. The van der Waals surface area contributed by atoms with Gasteiger partial charge in [-0.05, 0) is 43.3 Å². The third kappa shape index (κ3) is 4.54. The number of sulfonamides is 1. The Balaban J connectivity index is 1.91. The number of carbonyl (C=O) groups is 1. The fourth-order valence-electron chi connectivity index (χ4n) is 3.21. The van der Waals surface area contributed by atoms with Crippen molar-refractivity contribution in [2.45, 2.75) is 18.2 Å². The summed E-state index contributed by atoms with van der Waals surface area (Å²) in [6.07, 6.45) is 0.867. The lowest BCUT2D eigenvalue weighted by molar-refractivity contribution is -0.131. The fourth-order valence-corrected chi connectivity index (χ4v) is 4.65. The molecule has 28 heavy (non-hydrogen) atoms. The Morgan fingerprint density at radius 1 is 0.964 bits per heavy atom. The molecule has 0 radical (unpaired) electrons. The van der Waals surface area contributed by atoms with E-state index in [9.17, 15) is 13.2 Å². The highest BCUT2D eigenvalue weighted by atomic mass is 32.2. The van der Waals surface area contributed by atoms with Crippen molar-refractivity contribution < 1.29 is 13.2 Å². The van der Waals surface area contributed by atoms with Crippen LogP contribution >= 0.6 is 0 Å². The molecule has 0 N–H and O–H groups in total. The summed E-state index contributed by atoms with van der Waals surface area (Å²) < 4.78 is 27.8. The first-order valence-electron chi connectivity index (χ1n) is 9.55. The lowest BCUT2D eigenvalue weighted by atomic mass is 10.1. The molecule has 6 nitrogen and oxygen atoms in total. The number of hydrogen-bond acceptors (Lipinski definition) is 4. The summed E-state index contributed by atoms with van der Waals surface area (Å²) in [5, 5.41) is 0. The third-order valence-corrected chi connectivity index (χ3v) is 6.89. The first kappa shape index (κ1) is 20.4. The second-order valence-electron chi connectivity index (χ2n) is 7.03. The van der Waals surface area contributed by atoms with E-state index in [1.54, 1.807) is 47.4 Å². The standard InChI is InChI=1S/C21H27N3O3S/c1-3-18-9-11-19(12-10-18)24(28(26,27)20-7-5-4-6-8-20)17-21(25)23-15-13-22(2)14-16-23/h4-12H,3,13-17H2,1-2H3. The predicted molar refractivity (Wildman–Crippen MR) is 111 cm³/mol. The van der Waals surface area contributed by atoms with Gasteiger partial charge in [-0.2, -0.15) is 0 Å². The highest BCUT2D eigenvalue weighted by Crippen LogP contribution is 2.24. The van der Waals surface area contributed by atoms with Gasteiger partial charge >= 0.3 is 0 Å². The summed E-state index contributed by atoms with van der Waals surface area (Å²) in [6.45, 7) is 4.66. The van der Waals surface area contributed by atoms with E-state index in [4.69, 9.17) is 0 Å². The van der Waals surface area contributed by atoms with Crippen LogP contribution in [0.2, 0.25) is 0 Å². The largest absolute Gasteiger partial charge is 0.339 e. The molecule has 0 bridgehead atoms. The van der Waals surface area contributed by atoms with Crippen molar-refractivity contribution in [1.29, 1.82) is 0 Å². The smallest absolute Gasteiger partial charge is 0.264 e. The average Bonchev–Trinajstić information content (AvgIpc) is 2.73. The molecule has 7 heteroatoms. The van der Waals surface area contributed by atoms with Crippen molar-refractivity contribution in [3.05, 3.63) is 60.2 Å². The van der Waals surface area contributed by atoms with Crippen LogP contribution in [-0.4, -0.2) is 63.9 Å². The maximum Gasteiger partial charge on any atom is 0.264 e. The van der Waals surface area contributed by atoms with Crippen molar-refractivity contribution in [3.8, 4) is 0 Å². The van der Waals surface area contributed by atoms with Crippen LogP contribution in [0.25, 0.3) is 0 Å². The molecule has 0 saturated carbocycles. The molecule has 150 valence electrons. The van der Waals surface area contributed by atoms with E-state index in [1.807, 2.05) is 26.1 Å². The van der Waals surface area contributed by atoms with Crippen LogP contribution in [0.15, 0.2) is 59.5 Å². The van der Waals surface area contributed by atoms with Gasteiger partial charge in [-0.25, -0.2) is 8.42 Å². The Morgan fingerprint density at radius 2 is 1.57 bits per heavy atom. The molecule has 1 aliphatic heterocycles. The van der Waals surface area contributed by atoms with Crippen LogP contribution in [0.4, 0.5) is 5.69 Å². The minimum atomic E-state index is -3.84. The Hall–Kier alpha value is -2.38. The summed E-state index contributed by atoms with van der Waals surface area (Å²) in [6, 6.07) is 15.6. The van der Waals surface area contributed by atoms with E-state index >= 15 is 0 Å². The van der Waals surface area contributed by atoms with Gasteiger partial charge < -0.3 is 9.80 Å². The van der Waals surface area contributed by atoms with E-state index in [2.05, 4.69) is 4.90 Å². The van der Waals surface area contributed by atoms with Crippen molar-refractivity contribution in [2.75, 3.05) is 44.1 Å². The highest BCUT2D eigenvalue weighted by molar-refractivity contribution is 7.92. The average molecular weight is 402 g/mol. The Kier molecular flexibility index (Phi) is 6.36. The molecule has 1 aliphatic rings. The van der Waals surface area contributed by atoms with Gasteiger partial charge in [-0.3, -0.25) is 9.10 Å². The van der Waals surface area contributed by atoms with E-state index in [1.165, 1.54) is 4.31 Å². The summed E-state index contributed by atoms with van der Waals surface area (Å²) >= 11 is 0. The van der Waals surface area contributed by atoms with Gasteiger partial charge in [0, 0.05) is 26.2 Å². The Morgan fingerprint density at radius 3 is 2.14 bits per heavy atom. The van der Waals surface area contributed by atoms with Gasteiger partial charge in [0.25, 0.3) is 10.0 Å². The van der Waals surface area contributed by atoms with Crippen LogP contribution in [-0.2, 0) is 21.2 Å². The molecule has 3 rings (SSSR count). The monoisotopic (exact) mass is 401 g/mol. The quantitative estimate of drug-likeness (QED) is 0.745. The van der Waals surface area contributed by atoms with Crippen LogP contribution in [0.1, 0.15) is 12.5 Å². The number of benzene rings is 2. The zero-order chi connectivity index (χ0) is 20.1. The van der Waals surface area contributed by atoms with Gasteiger partial charge in [0.2, 0.25) is 5.91 Å². The SMILES string of the molecule is CCc1ccc(N(CC(=O)N2CCN(C)CC2)S(=O)(=O)c2ccccc2)cc1. The normalized spacial score (nSPS) is 15.4. The minimum Gasteiger partial charge on any atom is -0.339 e. The number of likely N-dealkylation sites (N-methyl/N-ethyl adjacent to an activating group) is 1. The summed E-state index contributed by atoms with van der Waals surface area (Å²) in [5.74, 6) is -0.174. The predicted octanol–water partition coefficient (Wildman–Crippen LogP) is 2.22. The zero-order valence-corrected chi connectivity index (χ0v) is 17.2. The Labute approximate surface area is 167 Å². The van der Waals surface area contributed by atoms with Crippen LogP contribution in [0.5, 0.6) is 0 Å². The molecule has 1 saturated heterocycles. The summed E-state index contributed by atoms with van der Waals surface area (Å²) in [5.41, 5.74) is 1.62. The lowest BCUT2D eigenvalue weighted by Gasteiger charge is -2.34. The zero-order valence-electron chi connectivity index (χ0n) is 16.4. The molecule has 1 amide bonds. The van der Waals surface area contributed by atoms with Crippen molar-refractivity contribution in [1.82, 2.24) is 9.80 Å². The number of piperazine rings is 1. The van der Waals surface area contributed by atoms with E-state index in [0.29, 0.717) is 18.8 Å². The van der Waals surface area contributed by atoms with Gasteiger partial charge in [0.05, 0.1) is 10.6 Å². The van der Waals surface area contributed by atoms with Crippen molar-refractivity contribution in [3.63, 3.8) is 0 Å². The molecule has 1 heterocycles. The van der Waals surface area contributed by atoms with Crippen LogP contribution in [0.3, 0.4) is 0 Å². The fraction of sp³-hybridized carbons (Fsp3) is 0.381. The summed E-state index contributed by atoms with van der Waals surface area (Å²) in [7, 11) is -1.83. The second-order valence-corrected chi connectivity index (χ2v) is 8.89. The maximum atomic E-state index is 13.3. The molecule has 1 fully saturated rings. The van der Waals surface area contributed by atoms with Crippen LogP contribution < -0.4 is 4.31 Å². The molecule has 0 aromatic heterocycles. The molecule has 0 aliphatic carbocycles. The second kappa shape index (κ2) is 8.75. The highest BCUT2D eigenvalue weighted by Gasteiger charge is 2.29. The van der Waals surface area contributed by atoms with Crippen molar-refractivity contribution >= 4 is 21.6 Å². The number of amides is 1. The van der Waals surface area contributed by atoms with Gasteiger partial charge in [-0.15, -0.1) is 0 Å². The minimum absolute atomic E-state index is 0.174. The molecular formula is C21H27N3O3S. The van der Waals surface area contributed by atoms with E-state index in [-0.39, 0.29) is 17.3 Å². The lowest BCUT2D eigenvalue weighted by Crippen LogP contribution is -2.50. The molecule has 2 aromatic carbocycles. The third-order valence-electron chi connectivity index (χ3n) is 5.10.